The zero-order chi connectivity index (χ0) is 21.5. The number of fused-ring (bicyclic) bond motifs is 3. The quantitative estimate of drug-likeness (QED) is 0.487. The molecule has 31 heavy (non-hydrogen) atoms. The summed E-state index contributed by atoms with van der Waals surface area (Å²) in [6.07, 6.45) is 1.35. The van der Waals surface area contributed by atoms with Crippen LogP contribution in [0.15, 0.2) is 52.3 Å². The van der Waals surface area contributed by atoms with Gasteiger partial charge in [-0.25, -0.2) is 4.99 Å². The Kier molecular flexibility index (Phi) is 4.62. The summed E-state index contributed by atoms with van der Waals surface area (Å²) in [7, 11) is 0. The van der Waals surface area contributed by atoms with Crippen molar-refractivity contribution >= 4 is 23.9 Å². The highest BCUT2D eigenvalue weighted by Gasteiger charge is 2.28. The van der Waals surface area contributed by atoms with Gasteiger partial charge in [0.25, 0.3) is 5.56 Å². The molecule has 8 heteroatoms. The maximum absolute atomic E-state index is 11.9. The molecule has 3 heterocycles. The first-order valence-corrected chi connectivity index (χ1v) is 10.3. The SMILES string of the molecule is C=c1c(=O)[nH]c2n1Cc1cc(OC(CCC(N)=O)N3CCc4ccccc43)ccc1N=2. The van der Waals surface area contributed by atoms with Gasteiger partial charge in [-0.2, -0.15) is 0 Å². The molecule has 3 aromatic rings. The number of rotatable bonds is 6. The first-order valence-electron chi connectivity index (χ1n) is 10.3. The van der Waals surface area contributed by atoms with Crippen molar-refractivity contribution in [3.8, 4) is 5.75 Å². The molecule has 0 fully saturated rings. The third-order valence-electron chi connectivity index (χ3n) is 5.86. The van der Waals surface area contributed by atoms with Gasteiger partial charge in [-0.1, -0.05) is 24.8 Å². The van der Waals surface area contributed by atoms with Crippen molar-refractivity contribution in [1.29, 1.82) is 0 Å². The van der Waals surface area contributed by atoms with E-state index in [1.807, 2.05) is 30.3 Å². The van der Waals surface area contributed by atoms with E-state index in [1.165, 1.54) is 5.56 Å². The Morgan fingerprint density at radius 3 is 2.94 bits per heavy atom. The summed E-state index contributed by atoms with van der Waals surface area (Å²) < 4.78 is 8.14. The van der Waals surface area contributed by atoms with Crippen molar-refractivity contribution in [3.05, 3.63) is 74.9 Å². The smallest absolute Gasteiger partial charge is 0.274 e. The number of carbonyl (C=O) groups is 1. The molecule has 0 saturated carbocycles. The van der Waals surface area contributed by atoms with Gasteiger partial charge in [0.05, 0.1) is 12.2 Å². The maximum atomic E-state index is 11.9. The number of nitrogens with two attached hydrogens (primary N) is 1. The Bertz CT molecular complexity index is 1340. The molecule has 0 bridgehead atoms. The highest BCUT2D eigenvalue weighted by atomic mass is 16.5. The lowest BCUT2D eigenvalue weighted by Gasteiger charge is -2.31. The Labute approximate surface area is 178 Å². The molecule has 2 aliphatic rings. The Hall–Kier alpha value is -3.81. The van der Waals surface area contributed by atoms with E-state index < -0.39 is 0 Å². The summed E-state index contributed by atoms with van der Waals surface area (Å²) in [6.45, 7) is 5.14. The molecule has 1 amide bonds. The summed E-state index contributed by atoms with van der Waals surface area (Å²) in [5.41, 5.74) is 9.81. The lowest BCUT2D eigenvalue weighted by molar-refractivity contribution is -0.118. The number of primary amides is 1. The number of imidazole rings is 1. The van der Waals surface area contributed by atoms with Crippen molar-refractivity contribution in [3.63, 3.8) is 0 Å². The van der Waals surface area contributed by atoms with Gasteiger partial charge < -0.3 is 19.9 Å². The number of amides is 1. The third-order valence-corrected chi connectivity index (χ3v) is 5.86. The van der Waals surface area contributed by atoms with Gasteiger partial charge in [-0.3, -0.25) is 14.6 Å². The minimum atomic E-state index is -0.349. The highest BCUT2D eigenvalue weighted by Crippen LogP contribution is 2.33. The molecule has 1 unspecified atom stereocenters. The summed E-state index contributed by atoms with van der Waals surface area (Å²) in [6, 6.07) is 13.9. The molecule has 0 saturated heterocycles. The topological polar surface area (TPSA) is 106 Å². The van der Waals surface area contributed by atoms with Crippen molar-refractivity contribution in [1.82, 2.24) is 9.55 Å². The van der Waals surface area contributed by atoms with E-state index in [9.17, 15) is 9.59 Å². The molecular weight excluding hydrogens is 394 g/mol. The van der Waals surface area contributed by atoms with Crippen LogP contribution in [-0.4, -0.2) is 28.2 Å². The molecule has 3 N–H and O–H groups in total. The minimum absolute atomic E-state index is 0.234. The van der Waals surface area contributed by atoms with Gasteiger partial charge in [-0.05, 0) is 36.2 Å². The number of anilines is 1. The number of hydrogen-bond acceptors (Lipinski definition) is 5. The van der Waals surface area contributed by atoms with E-state index >= 15 is 0 Å². The number of nitrogens with zero attached hydrogens (tertiary/aromatic N) is 3. The fourth-order valence-electron chi connectivity index (χ4n) is 4.27. The van der Waals surface area contributed by atoms with Crippen LogP contribution in [0.1, 0.15) is 24.0 Å². The van der Waals surface area contributed by atoms with E-state index in [-0.39, 0.29) is 24.1 Å². The second kappa shape index (κ2) is 7.46. The highest BCUT2D eigenvalue weighted by molar-refractivity contribution is 5.73. The van der Waals surface area contributed by atoms with Gasteiger partial charge in [0.2, 0.25) is 11.5 Å². The molecular formula is C23H23N5O3. The van der Waals surface area contributed by atoms with Crippen molar-refractivity contribution in [2.45, 2.75) is 32.0 Å². The summed E-state index contributed by atoms with van der Waals surface area (Å²) in [5.74, 6) is 0.332. The van der Waals surface area contributed by atoms with Crippen LogP contribution < -0.4 is 31.9 Å². The third kappa shape index (κ3) is 3.50. The van der Waals surface area contributed by atoms with Crippen LogP contribution >= 0.6 is 0 Å². The van der Waals surface area contributed by atoms with Gasteiger partial charge >= 0.3 is 0 Å². The molecule has 5 rings (SSSR count). The molecule has 0 aliphatic carbocycles. The molecule has 2 aromatic carbocycles. The van der Waals surface area contributed by atoms with Gasteiger partial charge in [0.1, 0.15) is 11.1 Å². The predicted octanol–water partition coefficient (Wildman–Crippen LogP) is 0.933. The Balaban J connectivity index is 1.44. The largest absolute Gasteiger partial charge is 0.471 e. The second-order valence-corrected chi connectivity index (χ2v) is 7.86. The van der Waals surface area contributed by atoms with Gasteiger partial charge in [-0.15, -0.1) is 0 Å². The van der Waals surface area contributed by atoms with Crippen LogP contribution in [0.4, 0.5) is 11.4 Å². The molecule has 1 atom stereocenters. The molecule has 158 valence electrons. The number of aromatic amines is 1. The van der Waals surface area contributed by atoms with E-state index in [4.69, 9.17) is 10.5 Å². The lowest BCUT2D eigenvalue weighted by Crippen LogP contribution is -2.39. The van der Waals surface area contributed by atoms with E-state index in [2.05, 4.69) is 33.6 Å². The summed E-state index contributed by atoms with van der Waals surface area (Å²) in [4.78, 5) is 32.8. The Morgan fingerprint density at radius 1 is 1.26 bits per heavy atom. The number of para-hydroxylation sites is 1. The van der Waals surface area contributed by atoms with E-state index in [0.29, 0.717) is 29.7 Å². The van der Waals surface area contributed by atoms with Crippen LogP contribution in [-0.2, 0) is 17.8 Å². The molecule has 1 aromatic heterocycles. The normalized spacial score (nSPS) is 14.9. The second-order valence-electron chi connectivity index (χ2n) is 7.86. The van der Waals surface area contributed by atoms with Crippen molar-refractivity contribution in [2.24, 2.45) is 10.7 Å². The van der Waals surface area contributed by atoms with E-state index in [0.717, 1.165) is 29.9 Å². The number of carbonyl (C=O) groups excluding carboxylic acids is 1. The van der Waals surface area contributed by atoms with Crippen LogP contribution in [0.2, 0.25) is 0 Å². The maximum Gasteiger partial charge on any atom is 0.274 e. The summed E-state index contributed by atoms with van der Waals surface area (Å²) in [5, 5.41) is 0.378. The first kappa shape index (κ1) is 19.2. The lowest BCUT2D eigenvalue weighted by atomic mass is 10.1. The zero-order valence-electron chi connectivity index (χ0n) is 17.0. The standard InChI is InChI=1S/C23H23N5O3/c1-14-22(30)26-23-25-18-7-6-17(12-16(18)13-28(14)23)31-21(9-8-20(24)29)27-11-10-15-4-2-3-5-19(15)27/h2-7,12,21H,1,8-11,13H2,(H2,24,29)(H,25,26,30). The average Bonchev–Trinajstić information content (AvgIpc) is 3.30. The van der Waals surface area contributed by atoms with Crippen LogP contribution in [0.25, 0.3) is 6.58 Å². The number of ether oxygens (including phenoxy) is 1. The Morgan fingerprint density at radius 2 is 2.10 bits per heavy atom. The molecule has 8 nitrogen and oxygen atoms in total. The van der Waals surface area contributed by atoms with Crippen LogP contribution in [0.5, 0.6) is 5.75 Å². The number of nitrogens with one attached hydrogen (secondary N) is 1. The van der Waals surface area contributed by atoms with Crippen LogP contribution in [0, 0.1) is 0 Å². The monoisotopic (exact) mass is 417 g/mol. The van der Waals surface area contributed by atoms with Crippen LogP contribution in [0.3, 0.4) is 0 Å². The predicted molar refractivity (Wildman–Crippen MR) is 117 cm³/mol. The van der Waals surface area contributed by atoms with Gasteiger partial charge in [0, 0.05) is 30.6 Å². The number of H-pyrrole nitrogens is 1. The fraction of sp³-hybridized carbons (Fsp3) is 0.261. The van der Waals surface area contributed by atoms with E-state index in [1.54, 1.807) is 4.57 Å². The minimum Gasteiger partial charge on any atom is -0.471 e. The number of aromatic nitrogens is 2. The van der Waals surface area contributed by atoms with Crippen molar-refractivity contribution in [2.75, 3.05) is 11.4 Å². The number of hydrogen-bond donors (Lipinski definition) is 2. The first-order chi connectivity index (χ1) is 15.0. The number of benzene rings is 2. The average molecular weight is 417 g/mol. The molecule has 0 radical (unpaired) electrons. The van der Waals surface area contributed by atoms with Gasteiger partial charge in [0.15, 0.2) is 6.23 Å². The molecule has 0 spiro atoms. The van der Waals surface area contributed by atoms with Crippen molar-refractivity contribution < 1.29 is 9.53 Å². The zero-order valence-corrected chi connectivity index (χ0v) is 17.0. The summed E-state index contributed by atoms with van der Waals surface area (Å²) >= 11 is 0. The molecule has 2 aliphatic heterocycles. The fourth-order valence-corrected chi connectivity index (χ4v) is 4.27.